The quantitative estimate of drug-likeness (QED) is 0.617. The van der Waals surface area contributed by atoms with Gasteiger partial charge in [-0.15, -0.1) is 0 Å². The minimum atomic E-state index is -3.83. The molecule has 1 N–H and O–H groups in total. The van der Waals surface area contributed by atoms with Crippen molar-refractivity contribution in [3.05, 3.63) is 94.5 Å². The van der Waals surface area contributed by atoms with E-state index >= 15 is 0 Å². The van der Waals surface area contributed by atoms with Crippen LogP contribution < -0.4 is 4.72 Å². The number of para-hydroxylation sites is 1. The van der Waals surface area contributed by atoms with Crippen LogP contribution >= 0.6 is 11.6 Å². The number of rotatable bonds is 6. The highest BCUT2D eigenvalue weighted by molar-refractivity contribution is 7.92. The fourth-order valence-corrected chi connectivity index (χ4v) is 4.23. The van der Waals surface area contributed by atoms with Crippen molar-refractivity contribution in [1.29, 1.82) is 0 Å². The Bertz CT molecular complexity index is 1150. The molecular weight excluding hydrogens is 408 g/mol. The fourth-order valence-electron chi connectivity index (χ4n) is 2.86. The van der Waals surface area contributed by atoms with Crippen molar-refractivity contribution < 1.29 is 13.2 Å². The van der Waals surface area contributed by atoms with Crippen LogP contribution in [0.1, 0.15) is 21.5 Å². The molecule has 0 aliphatic carbocycles. The molecule has 0 fully saturated rings. The van der Waals surface area contributed by atoms with Gasteiger partial charge in [0.25, 0.3) is 15.9 Å². The van der Waals surface area contributed by atoms with Crippen LogP contribution in [0, 0.1) is 6.92 Å². The SMILES string of the molecule is Cc1ccccc1NS(=O)(=O)c1cccc(C(=O)N(C)Cc2ccccc2Cl)c1. The Morgan fingerprint density at radius 3 is 2.41 bits per heavy atom. The molecule has 5 nitrogen and oxygen atoms in total. The molecule has 3 aromatic rings. The number of benzene rings is 3. The third kappa shape index (κ3) is 4.96. The van der Waals surface area contributed by atoms with Gasteiger partial charge in [-0.1, -0.05) is 54.1 Å². The predicted octanol–water partition coefficient (Wildman–Crippen LogP) is 4.72. The van der Waals surface area contributed by atoms with Crippen LogP contribution in [0.4, 0.5) is 5.69 Å². The van der Waals surface area contributed by atoms with Gasteiger partial charge >= 0.3 is 0 Å². The van der Waals surface area contributed by atoms with Crippen LogP contribution in [0.25, 0.3) is 0 Å². The second-order valence-corrected chi connectivity index (χ2v) is 8.79. The number of carbonyl (C=O) groups is 1. The topological polar surface area (TPSA) is 66.5 Å². The van der Waals surface area contributed by atoms with Gasteiger partial charge in [-0.05, 0) is 48.4 Å². The van der Waals surface area contributed by atoms with Crippen LogP contribution in [-0.2, 0) is 16.6 Å². The minimum absolute atomic E-state index is 0.0257. The highest BCUT2D eigenvalue weighted by atomic mass is 35.5. The Morgan fingerprint density at radius 2 is 1.69 bits per heavy atom. The molecule has 0 saturated carbocycles. The van der Waals surface area contributed by atoms with E-state index < -0.39 is 10.0 Å². The first kappa shape index (κ1) is 20.9. The van der Waals surface area contributed by atoms with Gasteiger partial charge in [0.2, 0.25) is 0 Å². The molecule has 3 aromatic carbocycles. The molecule has 3 rings (SSSR count). The van der Waals surface area contributed by atoms with Crippen LogP contribution in [0.3, 0.4) is 0 Å². The van der Waals surface area contributed by atoms with Gasteiger partial charge in [-0.2, -0.15) is 0 Å². The van der Waals surface area contributed by atoms with E-state index in [-0.39, 0.29) is 16.4 Å². The Hall–Kier alpha value is -2.83. The maximum atomic E-state index is 12.8. The lowest BCUT2D eigenvalue weighted by atomic mass is 10.1. The number of aryl methyl sites for hydroxylation is 1. The predicted molar refractivity (Wildman–Crippen MR) is 116 cm³/mol. The van der Waals surface area contributed by atoms with Gasteiger partial charge in [-0.3, -0.25) is 9.52 Å². The highest BCUT2D eigenvalue weighted by Crippen LogP contribution is 2.21. The van der Waals surface area contributed by atoms with Crippen molar-refractivity contribution in [1.82, 2.24) is 4.90 Å². The van der Waals surface area contributed by atoms with E-state index in [4.69, 9.17) is 11.6 Å². The molecule has 1 amide bonds. The van der Waals surface area contributed by atoms with Gasteiger partial charge in [0.05, 0.1) is 10.6 Å². The molecule has 0 saturated heterocycles. The molecule has 0 radical (unpaired) electrons. The number of hydrogen-bond donors (Lipinski definition) is 1. The number of amides is 1. The molecule has 0 spiro atoms. The van der Waals surface area contributed by atoms with Crippen LogP contribution in [0.15, 0.2) is 77.7 Å². The Labute approximate surface area is 176 Å². The summed E-state index contributed by atoms with van der Waals surface area (Å²) in [5.74, 6) is -0.294. The summed E-state index contributed by atoms with van der Waals surface area (Å²) in [4.78, 5) is 14.3. The highest BCUT2D eigenvalue weighted by Gasteiger charge is 2.19. The fraction of sp³-hybridized carbons (Fsp3) is 0.136. The summed E-state index contributed by atoms with van der Waals surface area (Å²) in [6.45, 7) is 2.14. The summed E-state index contributed by atoms with van der Waals surface area (Å²) in [5, 5.41) is 0.575. The molecule has 0 aromatic heterocycles. The van der Waals surface area contributed by atoms with Gasteiger partial charge in [-0.25, -0.2) is 8.42 Å². The lowest BCUT2D eigenvalue weighted by Gasteiger charge is -2.18. The first-order valence-corrected chi connectivity index (χ1v) is 10.8. The van der Waals surface area contributed by atoms with Crippen molar-refractivity contribution >= 4 is 33.2 Å². The second kappa shape index (κ2) is 8.68. The molecular formula is C22H21ClN2O3S. The standard InChI is InChI=1S/C22H21ClN2O3S/c1-16-8-3-6-13-21(16)24-29(27,28)19-11-7-10-17(14-19)22(26)25(2)15-18-9-4-5-12-20(18)23/h3-14,24H,15H2,1-2H3. The molecule has 0 atom stereocenters. The van der Waals surface area contributed by atoms with E-state index in [0.29, 0.717) is 17.3 Å². The largest absolute Gasteiger partial charge is 0.337 e. The normalized spacial score (nSPS) is 11.1. The summed E-state index contributed by atoms with van der Waals surface area (Å²) in [7, 11) is -2.17. The van der Waals surface area contributed by atoms with E-state index in [1.165, 1.54) is 17.0 Å². The van der Waals surface area contributed by atoms with Gasteiger partial charge in [0, 0.05) is 24.2 Å². The second-order valence-electron chi connectivity index (χ2n) is 6.70. The van der Waals surface area contributed by atoms with E-state index in [9.17, 15) is 13.2 Å². The van der Waals surface area contributed by atoms with Gasteiger partial charge in [0.1, 0.15) is 0 Å². The summed E-state index contributed by atoms with van der Waals surface area (Å²) in [6, 6.07) is 20.4. The summed E-state index contributed by atoms with van der Waals surface area (Å²) < 4.78 is 28.1. The average molecular weight is 429 g/mol. The molecule has 0 bridgehead atoms. The zero-order valence-electron chi connectivity index (χ0n) is 16.1. The lowest BCUT2D eigenvalue weighted by Crippen LogP contribution is -2.26. The van der Waals surface area contributed by atoms with E-state index in [2.05, 4.69) is 4.72 Å². The summed E-state index contributed by atoms with van der Waals surface area (Å²) >= 11 is 6.17. The number of hydrogen-bond acceptors (Lipinski definition) is 3. The zero-order chi connectivity index (χ0) is 21.0. The van der Waals surface area contributed by atoms with Crippen molar-refractivity contribution in [3.63, 3.8) is 0 Å². The first-order chi connectivity index (χ1) is 13.8. The van der Waals surface area contributed by atoms with Gasteiger partial charge < -0.3 is 4.90 Å². The van der Waals surface area contributed by atoms with Crippen LogP contribution in [0.2, 0.25) is 5.02 Å². The Kier molecular flexibility index (Phi) is 6.25. The number of sulfonamides is 1. The molecule has 150 valence electrons. The molecule has 29 heavy (non-hydrogen) atoms. The van der Waals surface area contributed by atoms with E-state index in [0.717, 1.165) is 11.1 Å². The third-order valence-corrected chi connectivity index (χ3v) is 6.22. The van der Waals surface area contributed by atoms with E-state index in [1.807, 2.05) is 37.3 Å². The lowest BCUT2D eigenvalue weighted by molar-refractivity contribution is 0.0785. The number of carbonyl (C=O) groups excluding carboxylic acids is 1. The Morgan fingerprint density at radius 1 is 1.00 bits per heavy atom. The number of nitrogens with one attached hydrogen (secondary N) is 1. The van der Waals surface area contributed by atoms with Crippen molar-refractivity contribution in [2.24, 2.45) is 0 Å². The monoisotopic (exact) mass is 428 g/mol. The number of halogens is 1. The van der Waals surface area contributed by atoms with Gasteiger partial charge in [0.15, 0.2) is 0 Å². The smallest absolute Gasteiger partial charge is 0.261 e. The zero-order valence-corrected chi connectivity index (χ0v) is 17.7. The summed E-state index contributed by atoms with van der Waals surface area (Å²) in [5.41, 5.74) is 2.41. The molecule has 0 unspecified atom stereocenters. The van der Waals surface area contributed by atoms with E-state index in [1.54, 1.807) is 37.4 Å². The average Bonchev–Trinajstić information content (AvgIpc) is 2.71. The number of anilines is 1. The molecule has 0 aliphatic heterocycles. The molecule has 0 heterocycles. The number of nitrogens with zero attached hydrogens (tertiary/aromatic N) is 1. The Balaban J connectivity index is 1.82. The minimum Gasteiger partial charge on any atom is -0.337 e. The van der Waals surface area contributed by atoms with Crippen molar-refractivity contribution in [2.45, 2.75) is 18.4 Å². The van der Waals surface area contributed by atoms with Crippen molar-refractivity contribution in [2.75, 3.05) is 11.8 Å². The third-order valence-electron chi connectivity index (χ3n) is 4.49. The summed E-state index contributed by atoms with van der Waals surface area (Å²) in [6.07, 6.45) is 0. The first-order valence-electron chi connectivity index (χ1n) is 8.95. The maximum Gasteiger partial charge on any atom is 0.261 e. The van der Waals surface area contributed by atoms with Crippen molar-refractivity contribution in [3.8, 4) is 0 Å². The maximum absolute atomic E-state index is 12.8. The van der Waals surface area contributed by atoms with Crippen LogP contribution in [-0.4, -0.2) is 26.3 Å². The molecule has 0 aliphatic rings. The molecule has 7 heteroatoms. The van der Waals surface area contributed by atoms with Crippen LogP contribution in [0.5, 0.6) is 0 Å².